The van der Waals surface area contributed by atoms with Gasteiger partial charge in [0.05, 0.1) is 9.95 Å². The van der Waals surface area contributed by atoms with Crippen molar-refractivity contribution in [1.82, 2.24) is 4.98 Å². The first kappa shape index (κ1) is 14.5. The molecule has 0 aliphatic heterocycles. The van der Waals surface area contributed by atoms with E-state index in [2.05, 4.69) is 10.1 Å². The average molecular weight is 309 g/mol. The second-order valence-corrected chi connectivity index (χ2v) is 4.19. The van der Waals surface area contributed by atoms with E-state index in [1.54, 1.807) is 0 Å². The van der Waals surface area contributed by atoms with Crippen molar-refractivity contribution in [3.8, 4) is 11.5 Å². The maximum absolute atomic E-state index is 11.0. The Balaban J connectivity index is 2.52. The maximum atomic E-state index is 11.0. The van der Waals surface area contributed by atoms with Crippen molar-refractivity contribution < 1.29 is 14.9 Å². The third-order valence-corrected chi connectivity index (χ3v) is 2.77. The fourth-order valence-electron chi connectivity index (χ4n) is 1.56. The van der Waals surface area contributed by atoms with E-state index in [4.69, 9.17) is 27.3 Å². The number of aromatic nitrogens is 1. The van der Waals surface area contributed by atoms with Gasteiger partial charge in [0.1, 0.15) is 0 Å². The first-order valence-electron chi connectivity index (χ1n) is 5.58. The van der Waals surface area contributed by atoms with Gasteiger partial charge in [-0.25, -0.2) is 4.98 Å². The standard InChI is InChI=1S/C12H9ClN4O4/c13-7-3-1-4-8(17(19)20)11(7)21-9-5-2-6-15-10(9)12(14)16-18/h1-6,18H,(H2,14,16). The van der Waals surface area contributed by atoms with Gasteiger partial charge in [-0.05, 0) is 18.2 Å². The molecule has 3 N–H and O–H groups in total. The highest BCUT2D eigenvalue weighted by molar-refractivity contribution is 6.32. The van der Waals surface area contributed by atoms with E-state index in [0.29, 0.717) is 0 Å². The van der Waals surface area contributed by atoms with Gasteiger partial charge in [-0.1, -0.05) is 22.8 Å². The lowest BCUT2D eigenvalue weighted by Gasteiger charge is -2.10. The molecule has 1 aromatic carbocycles. The van der Waals surface area contributed by atoms with Gasteiger partial charge in [0, 0.05) is 12.3 Å². The summed E-state index contributed by atoms with van der Waals surface area (Å²) in [7, 11) is 0. The summed E-state index contributed by atoms with van der Waals surface area (Å²) in [6.07, 6.45) is 1.40. The normalized spacial score (nSPS) is 11.2. The molecular formula is C12H9ClN4O4. The minimum Gasteiger partial charge on any atom is -0.446 e. The molecule has 2 rings (SSSR count). The predicted octanol–water partition coefficient (Wildman–Crippen LogP) is 2.53. The van der Waals surface area contributed by atoms with Gasteiger partial charge in [-0.2, -0.15) is 0 Å². The van der Waals surface area contributed by atoms with Crippen LogP contribution in [0.1, 0.15) is 5.69 Å². The predicted molar refractivity (Wildman–Crippen MR) is 74.9 cm³/mol. The topological polar surface area (TPSA) is 124 Å². The highest BCUT2D eigenvalue weighted by Gasteiger charge is 2.21. The van der Waals surface area contributed by atoms with Crippen LogP contribution in [0.25, 0.3) is 0 Å². The molecule has 0 radical (unpaired) electrons. The minimum absolute atomic E-state index is 0.0363. The van der Waals surface area contributed by atoms with Gasteiger partial charge >= 0.3 is 5.69 Å². The zero-order chi connectivity index (χ0) is 15.4. The number of benzene rings is 1. The molecule has 0 aliphatic carbocycles. The molecule has 0 atom stereocenters. The second kappa shape index (κ2) is 6.06. The quantitative estimate of drug-likeness (QED) is 0.294. The van der Waals surface area contributed by atoms with Crippen molar-refractivity contribution in [2.24, 2.45) is 10.9 Å². The molecule has 9 heteroatoms. The third-order valence-electron chi connectivity index (χ3n) is 2.48. The molecule has 108 valence electrons. The van der Waals surface area contributed by atoms with Gasteiger partial charge in [0.2, 0.25) is 5.75 Å². The first-order valence-corrected chi connectivity index (χ1v) is 5.96. The molecule has 1 heterocycles. The minimum atomic E-state index is -0.624. The number of para-hydroxylation sites is 1. The number of hydrogen-bond donors (Lipinski definition) is 2. The van der Waals surface area contributed by atoms with E-state index in [0.717, 1.165) is 0 Å². The highest BCUT2D eigenvalue weighted by atomic mass is 35.5. The van der Waals surface area contributed by atoms with Gasteiger partial charge < -0.3 is 15.7 Å². The lowest BCUT2D eigenvalue weighted by Crippen LogP contribution is -2.16. The van der Waals surface area contributed by atoms with Gasteiger partial charge in [0.15, 0.2) is 17.3 Å². The first-order chi connectivity index (χ1) is 10.0. The average Bonchev–Trinajstić information content (AvgIpc) is 2.48. The van der Waals surface area contributed by atoms with Crippen molar-refractivity contribution in [2.75, 3.05) is 0 Å². The Kier molecular flexibility index (Phi) is 4.19. The van der Waals surface area contributed by atoms with Crippen LogP contribution in [0.15, 0.2) is 41.7 Å². The molecular weight excluding hydrogens is 300 g/mol. The van der Waals surface area contributed by atoms with E-state index < -0.39 is 4.92 Å². The van der Waals surface area contributed by atoms with Crippen LogP contribution in [-0.4, -0.2) is 21.0 Å². The van der Waals surface area contributed by atoms with Crippen LogP contribution < -0.4 is 10.5 Å². The maximum Gasteiger partial charge on any atom is 0.313 e. The Morgan fingerprint density at radius 3 is 2.86 bits per heavy atom. The van der Waals surface area contributed by atoms with Crippen LogP contribution in [0, 0.1) is 10.1 Å². The number of nitro benzene ring substituents is 1. The number of nitrogens with zero attached hydrogens (tertiary/aromatic N) is 3. The zero-order valence-electron chi connectivity index (χ0n) is 10.4. The molecule has 2 aromatic rings. The molecule has 1 aromatic heterocycles. The van der Waals surface area contributed by atoms with Crippen molar-refractivity contribution >= 4 is 23.1 Å². The number of rotatable bonds is 4. The van der Waals surface area contributed by atoms with E-state index in [9.17, 15) is 10.1 Å². The molecule has 0 amide bonds. The van der Waals surface area contributed by atoms with Crippen LogP contribution in [0.2, 0.25) is 5.02 Å². The van der Waals surface area contributed by atoms with E-state index in [-0.39, 0.29) is 33.7 Å². The largest absolute Gasteiger partial charge is 0.446 e. The summed E-state index contributed by atoms with van der Waals surface area (Å²) in [5, 5.41) is 22.6. The summed E-state index contributed by atoms with van der Waals surface area (Å²) in [4.78, 5) is 14.3. The Morgan fingerprint density at radius 1 is 1.43 bits per heavy atom. The van der Waals surface area contributed by atoms with Gasteiger partial charge in [-0.15, -0.1) is 0 Å². The Hall–Kier alpha value is -2.87. The van der Waals surface area contributed by atoms with E-state index in [1.165, 1.54) is 36.5 Å². The summed E-state index contributed by atoms with van der Waals surface area (Å²) in [5.74, 6) is -0.367. The fraction of sp³-hybridized carbons (Fsp3) is 0. The van der Waals surface area contributed by atoms with Crippen molar-refractivity contribution in [2.45, 2.75) is 0 Å². The van der Waals surface area contributed by atoms with Crippen molar-refractivity contribution in [3.63, 3.8) is 0 Å². The van der Waals surface area contributed by atoms with E-state index in [1.807, 2.05) is 0 Å². The molecule has 0 aliphatic rings. The third kappa shape index (κ3) is 3.00. The van der Waals surface area contributed by atoms with Crippen LogP contribution in [0.3, 0.4) is 0 Å². The molecule has 0 bridgehead atoms. The van der Waals surface area contributed by atoms with E-state index >= 15 is 0 Å². The highest BCUT2D eigenvalue weighted by Crippen LogP contribution is 2.38. The summed E-state index contributed by atoms with van der Waals surface area (Å²) in [6.45, 7) is 0. The van der Waals surface area contributed by atoms with Crippen LogP contribution in [0.4, 0.5) is 5.69 Å². The number of pyridine rings is 1. The van der Waals surface area contributed by atoms with Gasteiger partial charge in [0.25, 0.3) is 0 Å². The Morgan fingerprint density at radius 2 is 2.19 bits per heavy atom. The summed E-state index contributed by atoms with van der Waals surface area (Å²) >= 11 is 5.93. The molecule has 8 nitrogen and oxygen atoms in total. The van der Waals surface area contributed by atoms with Gasteiger partial charge in [-0.3, -0.25) is 10.1 Å². The monoisotopic (exact) mass is 308 g/mol. The Bertz CT molecular complexity index is 720. The molecule has 0 spiro atoms. The number of nitrogens with two attached hydrogens (primary N) is 1. The number of ether oxygens (including phenoxy) is 1. The molecule has 21 heavy (non-hydrogen) atoms. The van der Waals surface area contributed by atoms with Crippen molar-refractivity contribution in [1.29, 1.82) is 0 Å². The Labute approximate surface area is 123 Å². The van der Waals surface area contributed by atoms with Crippen LogP contribution in [0.5, 0.6) is 11.5 Å². The second-order valence-electron chi connectivity index (χ2n) is 3.78. The number of halogens is 1. The van der Waals surface area contributed by atoms with Crippen molar-refractivity contribution in [3.05, 3.63) is 57.4 Å². The number of hydrogen-bond acceptors (Lipinski definition) is 6. The summed E-state index contributed by atoms with van der Waals surface area (Å²) < 4.78 is 5.45. The molecule has 0 saturated carbocycles. The number of oxime groups is 1. The summed E-state index contributed by atoms with van der Waals surface area (Å²) in [6, 6.07) is 7.13. The molecule has 0 saturated heterocycles. The molecule has 0 unspecified atom stereocenters. The number of amidine groups is 1. The van der Waals surface area contributed by atoms with Crippen LogP contribution in [-0.2, 0) is 0 Å². The molecule has 0 fully saturated rings. The SMILES string of the molecule is N/C(=N/O)c1ncccc1Oc1c(Cl)cccc1[N+](=O)[O-]. The zero-order valence-corrected chi connectivity index (χ0v) is 11.2. The number of nitro groups is 1. The fourth-order valence-corrected chi connectivity index (χ4v) is 1.77. The van der Waals surface area contributed by atoms with Crippen LogP contribution >= 0.6 is 11.6 Å². The lowest BCUT2D eigenvalue weighted by atomic mass is 10.2. The smallest absolute Gasteiger partial charge is 0.313 e. The lowest BCUT2D eigenvalue weighted by molar-refractivity contribution is -0.385. The summed E-state index contributed by atoms with van der Waals surface area (Å²) in [5.41, 5.74) is 5.20.